The van der Waals surface area contributed by atoms with Crippen LogP contribution in [0, 0.1) is 0 Å². The maximum Gasteiger partial charge on any atom is 0.497 e. The van der Waals surface area contributed by atoms with Crippen LogP contribution in [0.2, 0.25) is 6.55 Å². The van der Waals surface area contributed by atoms with E-state index in [1.54, 1.807) is 27.3 Å². The fourth-order valence-electron chi connectivity index (χ4n) is 1.43. The topological polar surface area (TPSA) is 27.7 Å². The molecule has 0 amide bonds. The van der Waals surface area contributed by atoms with Crippen LogP contribution in [-0.4, -0.2) is 34.3 Å². The highest BCUT2D eigenvalue weighted by Crippen LogP contribution is 2.24. The molecule has 0 aliphatic heterocycles. The summed E-state index contributed by atoms with van der Waals surface area (Å²) in [6.45, 7) is 7.75. The normalized spacial score (nSPS) is 15.0. The second-order valence-electron chi connectivity index (χ2n) is 3.81. The van der Waals surface area contributed by atoms with E-state index < -0.39 is 27.5 Å². The number of rotatable bonds is 8. The minimum absolute atomic E-state index is 0.0771. The molecule has 0 rings (SSSR count). The molecule has 0 aromatic rings. The summed E-state index contributed by atoms with van der Waals surface area (Å²) in [5.41, 5.74) is 0. The number of hydrogen-bond donors (Lipinski definition) is 0. The van der Waals surface area contributed by atoms with Crippen molar-refractivity contribution in [2.45, 2.75) is 52.4 Å². The van der Waals surface area contributed by atoms with Gasteiger partial charge in [0.05, 0.1) is 0 Å². The van der Waals surface area contributed by atoms with Gasteiger partial charge in [-0.15, -0.1) is 0 Å². The molecule has 17 heavy (non-hydrogen) atoms. The summed E-state index contributed by atoms with van der Waals surface area (Å²) in [7, 11) is -2.78. The SMILES string of the molecule is CCO[Si](C)(OCC)OC(C)CCC(F)(F)F. The van der Waals surface area contributed by atoms with Crippen LogP contribution in [0.3, 0.4) is 0 Å². The Morgan fingerprint density at radius 1 is 1.12 bits per heavy atom. The molecule has 0 heterocycles. The zero-order chi connectivity index (χ0) is 13.5. The lowest BCUT2D eigenvalue weighted by molar-refractivity contribution is -0.140. The van der Waals surface area contributed by atoms with Crippen LogP contribution in [0.25, 0.3) is 0 Å². The average molecular weight is 274 g/mol. The molecule has 7 heteroatoms. The molecule has 0 radical (unpaired) electrons. The minimum atomic E-state index is -4.15. The Labute approximate surface area is 102 Å². The Morgan fingerprint density at radius 2 is 1.59 bits per heavy atom. The molecule has 0 bridgehead atoms. The molecule has 0 aliphatic carbocycles. The lowest BCUT2D eigenvalue weighted by atomic mass is 10.2. The fourth-order valence-corrected chi connectivity index (χ4v) is 3.54. The summed E-state index contributed by atoms with van der Waals surface area (Å²) < 4.78 is 52.4. The number of alkyl halides is 3. The molecule has 3 nitrogen and oxygen atoms in total. The first kappa shape index (κ1) is 16.9. The van der Waals surface area contributed by atoms with E-state index in [9.17, 15) is 13.2 Å². The van der Waals surface area contributed by atoms with Crippen LogP contribution in [0.1, 0.15) is 33.6 Å². The summed E-state index contributed by atoms with van der Waals surface area (Å²) in [6.07, 6.45) is -5.60. The zero-order valence-corrected chi connectivity index (χ0v) is 11.8. The maximum atomic E-state index is 12.0. The predicted octanol–water partition coefficient (Wildman–Crippen LogP) is 3.38. The van der Waals surface area contributed by atoms with Crippen molar-refractivity contribution < 1.29 is 26.4 Å². The third-order valence-electron chi connectivity index (χ3n) is 2.06. The van der Waals surface area contributed by atoms with Gasteiger partial charge in [-0.25, -0.2) is 0 Å². The molecule has 0 N–H and O–H groups in total. The number of halogens is 3. The molecule has 0 saturated carbocycles. The Kier molecular flexibility index (Phi) is 7.30. The average Bonchev–Trinajstić information content (AvgIpc) is 2.14. The molecule has 1 unspecified atom stereocenters. The van der Waals surface area contributed by atoms with Gasteiger partial charge in [0.15, 0.2) is 0 Å². The van der Waals surface area contributed by atoms with Crippen LogP contribution in [0.4, 0.5) is 13.2 Å². The van der Waals surface area contributed by atoms with E-state index in [-0.39, 0.29) is 6.42 Å². The van der Waals surface area contributed by atoms with E-state index in [1.165, 1.54) is 0 Å². The van der Waals surface area contributed by atoms with Crippen molar-refractivity contribution in [3.63, 3.8) is 0 Å². The Bertz CT molecular complexity index is 205. The van der Waals surface area contributed by atoms with Gasteiger partial charge in [0.25, 0.3) is 0 Å². The van der Waals surface area contributed by atoms with Gasteiger partial charge in [-0.2, -0.15) is 13.2 Å². The maximum absolute atomic E-state index is 12.0. The van der Waals surface area contributed by atoms with Gasteiger partial charge in [0.1, 0.15) is 0 Å². The Balaban J connectivity index is 4.16. The van der Waals surface area contributed by atoms with E-state index in [0.717, 1.165) is 0 Å². The van der Waals surface area contributed by atoms with Gasteiger partial charge in [-0.05, 0) is 27.2 Å². The lowest BCUT2D eigenvalue weighted by Gasteiger charge is -2.28. The van der Waals surface area contributed by atoms with Crippen molar-refractivity contribution in [1.29, 1.82) is 0 Å². The monoisotopic (exact) mass is 274 g/mol. The van der Waals surface area contributed by atoms with Gasteiger partial charge in [0, 0.05) is 32.3 Å². The van der Waals surface area contributed by atoms with Gasteiger partial charge in [-0.3, -0.25) is 0 Å². The van der Waals surface area contributed by atoms with Crippen LogP contribution >= 0.6 is 0 Å². The summed E-state index contributed by atoms with van der Waals surface area (Å²) in [5, 5.41) is 0. The van der Waals surface area contributed by atoms with Gasteiger partial charge in [-0.1, -0.05) is 0 Å². The van der Waals surface area contributed by atoms with Crippen molar-refractivity contribution >= 4 is 8.80 Å². The summed E-state index contributed by atoms with van der Waals surface area (Å²) in [5.74, 6) is 0. The molecule has 104 valence electrons. The largest absolute Gasteiger partial charge is 0.497 e. The highest BCUT2D eigenvalue weighted by molar-refractivity contribution is 6.59. The molecule has 0 aromatic heterocycles. The highest BCUT2D eigenvalue weighted by Gasteiger charge is 2.37. The van der Waals surface area contributed by atoms with Crippen molar-refractivity contribution in [3.05, 3.63) is 0 Å². The third kappa shape index (κ3) is 8.59. The Hall–Kier alpha value is -0.113. The molecular weight excluding hydrogens is 253 g/mol. The van der Waals surface area contributed by atoms with Gasteiger partial charge < -0.3 is 13.3 Å². The molecule has 0 saturated heterocycles. The quantitative estimate of drug-likeness (QED) is 0.635. The van der Waals surface area contributed by atoms with E-state index in [1.807, 2.05) is 0 Å². The van der Waals surface area contributed by atoms with E-state index in [2.05, 4.69) is 0 Å². The molecule has 1 atom stereocenters. The highest BCUT2D eigenvalue weighted by atomic mass is 28.4. The predicted molar refractivity (Wildman–Crippen MR) is 60.7 cm³/mol. The first-order valence-electron chi connectivity index (χ1n) is 5.75. The first-order valence-corrected chi connectivity index (χ1v) is 7.97. The van der Waals surface area contributed by atoms with Crippen molar-refractivity contribution in [3.8, 4) is 0 Å². The second kappa shape index (κ2) is 7.35. The second-order valence-corrected chi connectivity index (χ2v) is 6.35. The van der Waals surface area contributed by atoms with Gasteiger partial charge in [0.2, 0.25) is 0 Å². The standard InChI is InChI=1S/C10H21F3O3Si/c1-5-14-17(4,15-6-2)16-9(3)7-8-10(11,12)13/h9H,5-8H2,1-4H3. The van der Waals surface area contributed by atoms with Crippen molar-refractivity contribution in [2.24, 2.45) is 0 Å². The molecule has 0 aliphatic rings. The smallest absolute Gasteiger partial charge is 0.374 e. The summed E-state index contributed by atoms with van der Waals surface area (Å²) >= 11 is 0. The minimum Gasteiger partial charge on any atom is -0.374 e. The van der Waals surface area contributed by atoms with E-state index in [4.69, 9.17) is 13.3 Å². The molecule has 0 fully saturated rings. The first-order chi connectivity index (χ1) is 7.72. The van der Waals surface area contributed by atoms with Crippen LogP contribution in [-0.2, 0) is 13.3 Å². The zero-order valence-electron chi connectivity index (χ0n) is 10.8. The van der Waals surface area contributed by atoms with Crippen LogP contribution in [0.15, 0.2) is 0 Å². The van der Waals surface area contributed by atoms with E-state index >= 15 is 0 Å². The van der Waals surface area contributed by atoms with E-state index in [0.29, 0.717) is 13.2 Å². The molecule has 0 aromatic carbocycles. The lowest BCUT2D eigenvalue weighted by Crippen LogP contribution is -2.45. The summed E-state index contributed by atoms with van der Waals surface area (Å²) in [4.78, 5) is 0. The third-order valence-corrected chi connectivity index (χ3v) is 4.52. The van der Waals surface area contributed by atoms with Gasteiger partial charge >= 0.3 is 15.0 Å². The summed E-state index contributed by atoms with van der Waals surface area (Å²) in [6, 6.07) is 0. The molecular formula is C10H21F3O3Si. The Morgan fingerprint density at radius 3 is 1.94 bits per heavy atom. The van der Waals surface area contributed by atoms with Crippen molar-refractivity contribution in [1.82, 2.24) is 0 Å². The fraction of sp³-hybridized carbons (Fsp3) is 1.00. The van der Waals surface area contributed by atoms with Crippen LogP contribution < -0.4 is 0 Å². The molecule has 0 spiro atoms. The number of hydrogen-bond acceptors (Lipinski definition) is 3. The van der Waals surface area contributed by atoms with Crippen molar-refractivity contribution in [2.75, 3.05) is 13.2 Å². The van der Waals surface area contributed by atoms with Crippen LogP contribution in [0.5, 0.6) is 0 Å².